The van der Waals surface area contributed by atoms with Crippen LogP contribution in [0.15, 0.2) is 70.0 Å². The Bertz CT molecular complexity index is 1220. The lowest BCUT2D eigenvalue weighted by Crippen LogP contribution is -2.40. The van der Waals surface area contributed by atoms with E-state index in [9.17, 15) is 13.2 Å². The summed E-state index contributed by atoms with van der Waals surface area (Å²) < 4.78 is 48.6. The Morgan fingerprint density at radius 3 is 2.41 bits per heavy atom. The molecule has 0 saturated carbocycles. The minimum atomic E-state index is -3.55. The van der Waals surface area contributed by atoms with E-state index in [0.717, 1.165) is 5.56 Å². The number of nitrogens with one attached hydrogen (secondary N) is 1. The molecule has 3 aromatic rings. The average molecular weight is 487 g/mol. The molecule has 2 aromatic carbocycles. The smallest absolute Gasteiger partial charge is 0.287 e. The molecule has 1 aromatic heterocycles. The molecular formula is C24H26N2O7S. The SMILES string of the molecule is COc1ccccc1OCc1ccc(C(=O)NCc2ccc(S(=O)(=O)N3CCOCC3)cc2)o1. The van der Waals surface area contributed by atoms with Crippen molar-refractivity contribution in [3.63, 3.8) is 0 Å². The number of benzene rings is 2. The Balaban J connectivity index is 1.30. The van der Waals surface area contributed by atoms with Crippen molar-refractivity contribution in [1.29, 1.82) is 0 Å². The van der Waals surface area contributed by atoms with Gasteiger partial charge in [-0.3, -0.25) is 4.79 Å². The topological polar surface area (TPSA) is 107 Å². The van der Waals surface area contributed by atoms with Gasteiger partial charge in [-0.05, 0) is 42.0 Å². The molecule has 4 rings (SSSR count). The molecule has 1 N–H and O–H groups in total. The molecule has 0 aliphatic carbocycles. The fourth-order valence-electron chi connectivity index (χ4n) is 3.45. The van der Waals surface area contributed by atoms with Gasteiger partial charge in [0.05, 0.1) is 25.2 Å². The van der Waals surface area contributed by atoms with Crippen LogP contribution in [0.3, 0.4) is 0 Å². The van der Waals surface area contributed by atoms with Crippen molar-refractivity contribution in [2.45, 2.75) is 18.0 Å². The summed E-state index contributed by atoms with van der Waals surface area (Å²) in [5.74, 6) is 1.45. The maximum Gasteiger partial charge on any atom is 0.287 e. The third-order valence-corrected chi connectivity index (χ3v) is 7.22. The molecule has 1 saturated heterocycles. The second-order valence-electron chi connectivity index (χ2n) is 7.55. The Kier molecular flexibility index (Phi) is 7.51. The maximum absolute atomic E-state index is 12.7. The summed E-state index contributed by atoms with van der Waals surface area (Å²) in [4.78, 5) is 12.7. The highest BCUT2D eigenvalue weighted by atomic mass is 32.2. The third-order valence-electron chi connectivity index (χ3n) is 5.31. The number of furan rings is 1. The number of carbonyl (C=O) groups is 1. The van der Waals surface area contributed by atoms with Gasteiger partial charge < -0.3 is 23.9 Å². The van der Waals surface area contributed by atoms with Crippen LogP contribution in [0.1, 0.15) is 21.9 Å². The number of rotatable bonds is 9. The minimum Gasteiger partial charge on any atom is -0.493 e. The zero-order valence-corrected chi connectivity index (χ0v) is 19.5. The van der Waals surface area contributed by atoms with Crippen LogP contribution in [0, 0.1) is 0 Å². The summed E-state index contributed by atoms with van der Waals surface area (Å²) >= 11 is 0. The molecule has 1 fully saturated rings. The molecule has 0 unspecified atom stereocenters. The van der Waals surface area contributed by atoms with E-state index in [4.69, 9.17) is 18.6 Å². The van der Waals surface area contributed by atoms with E-state index in [-0.39, 0.29) is 29.7 Å². The van der Waals surface area contributed by atoms with Crippen LogP contribution in [0.2, 0.25) is 0 Å². The summed E-state index contributed by atoms with van der Waals surface area (Å²) in [7, 11) is -1.99. The van der Waals surface area contributed by atoms with Gasteiger partial charge in [-0.2, -0.15) is 4.31 Å². The Hall–Kier alpha value is -3.34. The number of para-hydroxylation sites is 2. The molecule has 10 heteroatoms. The van der Waals surface area contributed by atoms with Gasteiger partial charge in [-0.1, -0.05) is 24.3 Å². The van der Waals surface area contributed by atoms with Crippen LogP contribution in [-0.4, -0.2) is 52.0 Å². The molecular weight excluding hydrogens is 460 g/mol. The highest BCUT2D eigenvalue weighted by Crippen LogP contribution is 2.27. The standard InChI is InChI=1S/C24H26N2O7S/c1-30-21-4-2-3-5-22(21)32-17-19-8-11-23(33-19)24(27)25-16-18-6-9-20(10-7-18)34(28,29)26-12-14-31-15-13-26/h2-11H,12-17H2,1H3,(H,25,27). The van der Waals surface area contributed by atoms with Gasteiger partial charge in [0.1, 0.15) is 12.4 Å². The number of ether oxygens (including phenoxy) is 3. The first-order chi connectivity index (χ1) is 16.5. The van der Waals surface area contributed by atoms with Crippen molar-refractivity contribution in [2.24, 2.45) is 0 Å². The third kappa shape index (κ3) is 5.58. The van der Waals surface area contributed by atoms with Crippen molar-refractivity contribution < 1.29 is 31.8 Å². The second-order valence-corrected chi connectivity index (χ2v) is 9.49. The van der Waals surface area contributed by atoms with Crippen LogP contribution in [-0.2, 0) is 27.9 Å². The van der Waals surface area contributed by atoms with Gasteiger partial charge in [-0.15, -0.1) is 0 Å². The number of nitrogens with zero attached hydrogens (tertiary/aromatic N) is 1. The number of carbonyl (C=O) groups excluding carboxylic acids is 1. The second kappa shape index (κ2) is 10.7. The molecule has 2 heterocycles. The zero-order valence-electron chi connectivity index (χ0n) is 18.7. The molecule has 0 bridgehead atoms. The lowest BCUT2D eigenvalue weighted by Gasteiger charge is -2.26. The van der Waals surface area contributed by atoms with E-state index < -0.39 is 10.0 Å². The zero-order chi connectivity index (χ0) is 24.0. The highest BCUT2D eigenvalue weighted by molar-refractivity contribution is 7.89. The van der Waals surface area contributed by atoms with Gasteiger partial charge in [0, 0.05) is 19.6 Å². The quantitative estimate of drug-likeness (QED) is 0.496. The number of amides is 1. The number of morpholine rings is 1. The van der Waals surface area contributed by atoms with Crippen LogP contribution in [0.4, 0.5) is 0 Å². The highest BCUT2D eigenvalue weighted by Gasteiger charge is 2.26. The maximum atomic E-state index is 12.7. The van der Waals surface area contributed by atoms with Crippen LogP contribution in [0.5, 0.6) is 11.5 Å². The predicted octanol–water partition coefficient (Wildman–Crippen LogP) is 2.82. The molecule has 0 radical (unpaired) electrons. The molecule has 1 amide bonds. The van der Waals surface area contributed by atoms with Gasteiger partial charge in [0.15, 0.2) is 17.3 Å². The molecule has 0 spiro atoms. The Morgan fingerprint density at radius 2 is 1.71 bits per heavy atom. The van der Waals surface area contributed by atoms with E-state index in [1.807, 2.05) is 12.1 Å². The van der Waals surface area contributed by atoms with E-state index in [1.54, 1.807) is 55.6 Å². The van der Waals surface area contributed by atoms with E-state index in [2.05, 4.69) is 5.32 Å². The largest absolute Gasteiger partial charge is 0.493 e. The molecule has 1 aliphatic heterocycles. The monoisotopic (exact) mass is 486 g/mol. The van der Waals surface area contributed by atoms with E-state index in [1.165, 1.54) is 4.31 Å². The molecule has 34 heavy (non-hydrogen) atoms. The van der Waals surface area contributed by atoms with Crippen LogP contribution in [0.25, 0.3) is 0 Å². The molecule has 1 aliphatic rings. The van der Waals surface area contributed by atoms with Crippen molar-refractivity contribution >= 4 is 15.9 Å². The first-order valence-electron chi connectivity index (χ1n) is 10.8. The van der Waals surface area contributed by atoms with E-state index >= 15 is 0 Å². The van der Waals surface area contributed by atoms with Crippen molar-refractivity contribution in [3.05, 3.63) is 77.7 Å². The predicted molar refractivity (Wildman–Crippen MR) is 123 cm³/mol. The van der Waals surface area contributed by atoms with Crippen molar-refractivity contribution in [3.8, 4) is 11.5 Å². The molecule has 9 nitrogen and oxygen atoms in total. The first kappa shape index (κ1) is 23.8. The molecule has 180 valence electrons. The Morgan fingerprint density at radius 1 is 1.00 bits per heavy atom. The van der Waals surface area contributed by atoms with Crippen molar-refractivity contribution in [1.82, 2.24) is 9.62 Å². The summed E-state index contributed by atoms with van der Waals surface area (Å²) in [5.41, 5.74) is 0.764. The normalized spacial score (nSPS) is 14.5. The first-order valence-corrected chi connectivity index (χ1v) is 12.2. The number of sulfonamides is 1. The summed E-state index contributed by atoms with van der Waals surface area (Å²) in [6, 6.07) is 17.0. The lowest BCUT2D eigenvalue weighted by atomic mass is 10.2. The van der Waals surface area contributed by atoms with Crippen molar-refractivity contribution in [2.75, 3.05) is 33.4 Å². The van der Waals surface area contributed by atoms with Gasteiger partial charge >= 0.3 is 0 Å². The number of methoxy groups -OCH3 is 1. The fraction of sp³-hybridized carbons (Fsp3) is 0.292. The number of hydrogen-bond donors (Lipinski definition) is 1. The summed E-state index contributed by atoms with van der Waals surface area (Å²) in [6.07, 6.45) is 0. The van der Waals surface area contributed by atoms with Gasteiger partial charge in [0.2, 0.25) is 10.0 Å². The van der Waals surface area contributed by atoms with E-state index in [0.29, 0.717) is 43.6 Å². The lowest BCUT2D eigenvalue weighted by molar-refractivity contribution is 0.0730. The van der Waals surface area contributed by atoms with Gasteiger partial charge in [-0.25, -0.2) is 8.42 Å². The number of hydrogen-bond acceptors (Lipinski definition) is 7. The summed E-state index contributed by atoms with van der Waals surface area (Å²) in [5, 5.41) is 2.77. The fourth-order valence-corrected chi connectivity index (χ4v) is 4.86. The summed E-state index contributed by atoms with van der Waals surface area (Å²) in [6.45, 7) is 1.84. The van der Waals surface area contributed by atoms with Gasteiger partial charge in [0.25, 0.3) is 5.91 Å². The van der Waals surface area contributed by atoms with Crippen LogP contribution < -0.4 is 14.8 Å². The average Bonchev–Trinajstić information content (AvgIpc) is 3.36. The van der Waals surface area contributed by atoms with Crippen LogP contribution >= 0.6 is 0 Å². The Labute approximate surface area is 198 Å². The minimum absolute atomic E-state index is 0.146. The molecule has 0 atom stereocenters.